The van der Waals surface area contributed by atoms with Crippen molar-refractivity contribution in [1.82, 2.24) is 5.32 Å². The number of Topliss-reactive ketones (excluding diaryl/α,β-unsaturated/α-hetero) is 1. The molecule has 2 aromatic rings. The van der Waals surface area contributed by atoms with Gasteiger partial charge in [0.05, 0.1) is 6.54 Å². The number of terminal acetylenes is 1. The molecule has 0 aliphatic rings. The third-order valence-electron chi connectivity index (χ3n) is 5.27. The van der Waals surface area contributed by atoms with Gasteiger partial charge in [0.1, 0.15) is 0 Å². The van der Waals surface area contributed by atoms with Crippen LogP contribution >= 0.6 is 0 Å². The molecule has 0 saturated heterocycles. The number of nitrogens with one attached hydrogen (secondary N) is 2. The van der Waals surface area contributed by atoms with Gasteiger partial charge in [0, 0.05) is 23.7 Å². The third-order valence-corrected chi connectivity index (χ3v) is 5.27. The Balaban J connectivity index is 0.000000350. The molecule has 184 valence electrons. The van der Waals surface area contributed by atoms with E-state index in [-0.39, 0.29) is 5.78 Å². The maximum atomic E-state index is 12.6. The maximum absolute atomic E-state index is 12.6. The topological polar surface area (TPSA) is 58.2 Å². The first kappa shape index (κ1) is 28.8. The van der Waals surface area contributed by atoms with Crippen LogP contribution in [-0.4, -0.2) is 24.3 Å². The van der Waals surface area contributed by atoms with Crippen LogP contribution in [-0.2, 0) is 0 Å². The molecule has 0 atom stereocenters. The lowest BCUT2D eigenvalue weighted by Gasteiger charge is -2.15. The number of carbonyl (C=O) groups excluding carboxylic acids is 2. The smallest absolute Gasteiger partial charge is 0.319 e. The molecule has 0 aromatic heterocycles. The number of anilines is 1. The summed E-state index contributed by atoms with van der Waals surface area (Å²) < 4.78 is 25.2. The first-order valence-corrected chi connectivity index (χ1v) is 11.6. The minimum atomic E-state index is -2.96. The SMILES string of the molecule is C#Cc1ccc(C(CCC)CCC)cc1.CC(=O)c1ccc(C)c(NC(=O)NCC(C)(F)F)c1. The quantitative estimate of drug-likeness (QED) is 0.298. The molecule has 2 aromatic carbocycles. The zero-order valence-electron chi connectivity index (χ0n) is 20.8. The Bertz CT molecular complexity index is 967. The molecule has 6 heteroatoms. The normalized spacial score (nSPS) is 10.7. The van der Waals surface area contributed by atoms with E-state index in [0.29, 0.717) is 17.2 Å². The highest BCUT2D eigenvalue weighted by Gasteiger charge is 2.21. The summed E-state index contributed by atoms with van der Waals surface area (Å²) in [6, 6.07) is 12.6. The molecule has 0 aliphatic carbocycles. The molecule has 0 spiro atoms. The van der Waals surface area contributed by atoms with Gasteiger partial charge in [-0.3, -0.25) is 4.79 Å². The van der Waals surface area contributed by atoms with E-state index in [1.54, 1.807) is 19.1 Å². The number of aryl methyl sites for hydroxylation is 1. The van der Waals surface area contributed by atoms with Crippen molar-refractivity contribution >= 4 is 17.5 Å². The number of rotatable bonds is 9. The Morgan fingerprint density at radius 1 is 1.06 bits per heavy atom. The second-order valence-corrected chi connectivity index (χ2v) is 8.50. The lowest BCUT2D eigenvalue weighted by molar-refractivity contribution is 0.0257. The third kappa shape index (κ3) is 10.6. The molecule has 0 unspecified atom stereocenters. The van der Waals surface area contributed by atoms with Crippen LogP contribution in [0.15, 0.2) is 42.5 Å². The zero-order chi connectivity index (χ0) is 25.7. The first-order chi connectivity index (χ1) is 16.0. The molecule has 0 heterocycles. The standard InChI is InChI=1S/C15H20.C13H16F2N2O2/c1-4-7-14(8-5-2)15-11-9-13(6-3)10-12-15;1-8-4-5-10(9(2)18)6-11(8)17-12(19)16-7-13(3,14)15/h3,9-12,14H,4-5,7-8H2,1-2H3;4-6H,7H2,1-3H3,(H2,16,17,19). The lowest BCUT2D eigenvalue weighted by atomic mass is 9.90. The average Bonchev–Trinajstić information content (AvgIpc) is 2.79. The van der Waals surface area contributed by atoms with Crippen LogP contribution < -0.4 is 10.6 Å². The highest BCUT2D eigenvalue weighted by Crippen LogP contribution is 2.26. The van der Waals surface area contributed by atoms with Crippen molar-refractivity contribution in [2.24, 2.45) is 0 Å². The van der Waals surface area contributed by atoms with Gasteiger partial charge in [-0.25, -0.2) is 13.6 Å². The molecule has 0 radical (unpaired) electrons. The fourth-order valence-corrected chi connectivity index (χ4v) is 3.40. The van der Waals surface area contributed by atoms with Gasteiger partial charge in [-0.2, -0.15) is 0 Å². The van der Waals surface area contributed by atoms with Crippen LogP contribution in [0.1, 0.15) is 86.3 Å². The van der Waals surface area contributed by atoms with Crippen LogP contribution in [0, 0.1) is 19.3 Å². The van der Waals surface area contributed by atoms with Crippen LogP contribution in [0.4, 0.5) is 19.3 Å². The Morgan fingerprint density at radius 3 is 2.12 bits per heavy atom. The molecule has 4 nitrogen and oxygen atoms in total. The van der Waals surface area contributed by atoms with E-state index in [2.05, 4.69) is 42.5 Å². The summed E-state index contributed by atoms with van der Waals surface area (Å²) in [6.45, 7) is 7.62. The van der Waals surface area contributed by atoms with E-state index < -0.39 is 18.5 Å². The summed E-state index contributed by atoms with van der Waals surface area (Å²) in [6.07, 6.45) is 10.4. The fourth-order valence-electron chi connectivity index (χ4n) is 3.40. The van der Waals surface area contributed by atoms with Crippen molar-refractivity contribution < 1.29 is 18.4 Å². The van der Waals surface area contributed by atoms with E-state index in [1.165, 1.54) is 44.2 Å². The Kier molecular flexibility index (Phi) is 12.0. The summed E-state index contributed by atoms with van der Waals surface area (Å²) in [5, 5.41) is 4.50. The second kappa shape index (κ2) is 14.1. The second-order valence-electron chi connectivity index (χ2n) is 8.50. The lowest BCUT2D eigenvalue weighted by Crippen LogP contribution is -2.37. The maximum Gasteiger partial charge on any atom is 0.319 e. The van der Waals surface area contributed by atoms with E-state index in [0.717, 1.165) is 18.1 Å². The van der Waals surface area contributed by atoms with Crippen molar-refractivity contribution in [1.29, 1.82) is 0 Å². The molecule has 34 heavy (non-hydrogen) atoms. The summed E-state index contributed by atoms with van der Waals surface area (Å²) in [5.74, 6) is 0.271. The number of ketones is 1. The molecule has 2 rings (SSSR count). The molecule has 0 aliphatic heterocycles. The van der Waals surface area contributed by atoms with Crippen molar-refractivity contribution in [3.63, 3.8) is 0 Å². The van der Waals surface area contributed by atoms with Gasteiger partial charge < -0.3 is 10.6 Å². The Hall–Kier alpha value is -3.20. The van der Waals surface area contributed by atoms with Crippen molar-refractivity contribution in [3.05, 3.63) is 64.7 Å². The van der Waals surface area contributed by atoms with Crippen molar-refractivity contribution in [3.8, 4) is 12.3 Å². The number of halogens is 2. The molecular weight excluding hydrogens is 434 g/mol. The predicted molar refractivity (Wildman–Crippen MR) is 136 cm³/mol. The van der Waals surface area contributed by atoms with Crippen molar-refractivity contribution in [2.75, 3.05) is 11.9 Å². The van der Waals surface area contributed by atoms with Crippen molar-refractivity contribution in [2.45, 2.75) is 72.1 Å². The van der Waals surface area contributed by atoms with Gasteiger partial charge in [-0.15, -0.1) is 6.42 Å². The Morgan fingerprint density at radius 2 is 1.65 bits per heavy atom. The summed E-state index contributed by atoms with van der Waals surface area (Å²) in [4.78, 5) is 22.7. The van der Waals surface area contributed by atoms with Gasteiger partial charge in [-0.1, -0.05) is 56.9 Å². The molecule has 2 amide bonds. The summed E-state index contributed by atoms with van der Waals surface area (Å²) in [5.41, 5.74) is 4.03. The number of amides is 2. The number of hydrogen-bond acceptors (Lipinski definition) is 2. The highest BCUT2D eigenvalue weighted by molar-refractivity contribution is 5.97. The molecule has 2 N–H and O–H groups in total. The highest BCUT2D eigenvalue weighted by atomic mass is 19.3. The number of carbonyl (C=O) groups is 2. The molecule has 0 fully saturated rings. The predicted octanol–water partition coefficient (Wildman–Crippen LogP) is 7.33. The minimum Gasteiger partial charge on any atom is -0.332 e. The Labute approximate surface area is 202 Å². The van der Waals surface area contributed by atoms with Crippen LogP contribution in [0.5, 0.6) is 0 Å². The van der Waals surface area contributed by atoms with Crippen LogP contribution in [0.2, 0.25) is 0 Å². The van der Waals surface area contributed by atoms with E-state index in [1.807, 2.05) is 12.1 Å². The van der Waals surface area contributed by atoms with E-state index in [9.17, 15) is 18.4 Å². The summed E-state index contributed by atoms with van der Waals surface area (Å²) >= 11 is 0. The van der Waals surface area contributed by atoms with Gasteiger partial charge >= 0.3 is 6.03 Å². The van der Waals surface area contributed by atoms with Gasteiger partial charge in [0.25, 0.3) is 5.92 Å². The van der Waals surface area contributed by atoms with Crippen LogP contribution in [0.25, 0.3) is 0 Å². The van der Waals surface area contributed by atoms with E-state index >= 15 is 0 Å². The average molecular weight is 471 g/mol. The van der Waals surface area contributed by atoms with Gasteiger partial charge in [0.2, 0.25) is 0 Å². The molecule has 0 bridgehead atoms. The summed E-state index contributed by atoms with van der Waals surface area (Å²) in [7, 11) is 0. The number of hydrogen-bond donors (Lipinski definition) is 2. The largest absolute Gasteiger partial charge is 0.332 e. The number of alkyl halides is 2. The number of benzene rings is 2. The first-order valence-electron chi connectivity index (χ1n) is 11.6. The fraction of sp³-hybridized carbons (Fsp3) is 0.429. The monoisotopic (exact) mass is 470 g/mol. The van der Waals surface area contributed by atoms with Gasteiger partial charge in [0.15, 0.2) is 5.78 Å². The molecule has 0 saturated carbocycles. The zero-order valence-corrected chi connectivity index (χ0v) is 20.8. The minimum absolute atomic E-state index is 0.136. The van der Waals surface area contributed by atoms with Crippen LogP contribution in [0.3, 0.4) is 0 Å². The van der Waals surface area contributed by atoms with Gasteiger partial charge in [-0.05, 0) is 61.9 Å². The molecular formula is C28H36F2N2O2. The number of urea groups is 1. The van der Waals surface area contributed by atoms with E-state index in [4.69, 9.17) is 6.42 Å².